The molecule has 1 aromatic carbocycles. The van der Waals surface area contributed by atoms with Crippen LogP contribution >= 0.6 is 23.2 Å². The van der Waals surface area contributed by atoms with Crippen LogP contribution in [0.4, 0.5) is 23.5 Å². The summed E-state index contributed by atoms with van der Waals surface area (Å²) in [6.07, 6.45) is 0. The van der Waals surface area contributed by atoms with Gasteiger partial charge in [-0.15, -0.1) is 0 Å². The minimum Gasteiger partial charge on any atom is -0.368 e. The number of nitrogens with one attached hydrogen (secondary N) is 1. The van der Waals surface area contributed by atoms with E-state index in [1.807, 2.05) is 18.7 Å². The average molecular weight is 327 g/mol. The van der Waals surface area contributed by atoms with E-state index >= 15 is 0 Å². The average Bonchev–Trinajstić information content (AvgIpc) is 2.45. The Morgan fingerprint density at radius 3 is 2.52 bits per heavy atom. The third-order valence-electron chi connectivity index (χ3n) is 2.89. The molecule has 0 bridgehead atoms. The first-order valence-corrected chi connectivity index (χ1v) is 7.28. The number of halogens is 2. The van der Waals surface area contributed by atoms with Crippen LogP contribution < -0.4 is 16.0 Å². The predicted octanol–water partition coefficient (Wildman–Crippen LogP) is 3.35. The lowest BCUT2D eigenvalue weighted by Gasteiger charge is -2.19. The normalized spacial score (nSPS) is 10.5. The Morgan fingerprint density at radius 2 is 1.86 bits per heavy atom. The van der Waals surface area contributed by atoms with Gasteiger partial charge < -0.3 is 16.0 Å². The fourth-order valence-corrected chi connectivity index (χ4v) is 2.15. The molecular weight excluding hydrogens is 311 g/mol. The zero-order valence-electron chi connectivity index (χ0n) is 11.8. The van der Waals surface area contributed by atoms with Gasteiger partial charge >= 0.3 is 0 Å². The summed E-state index contributed by atoms with van der Waals surface area (Å²) in [7, 11) is 0. The van der Waals surface area contributed by atoms with Crippen molar-refractivity contribution < 1.29 is 0 Å². The quantitative estimate of drug-likeness (QED) is 0.877. The van der Waals surface area contributed by atoms with Crippen LogP contribution in [-0.4, -0.2) is 28.0 Å². The van der Waals surface area contributed by atoms with Crippen molar-refractivity contribution in [3.05, 3.63) is 28.2 Å². The van der Waals surface area contributed by atoms with Crippen molar-refractivity contribution in [1.82, 2.24) is 15.0 Å². The van der Waals surface area contributed by atoms with E-state index in [2.05, 4.69) is 20.3 Å². The van der Waals surface area contributed by atoms with E-state index < -0.39 is 0 Å². The second-order valence-electron chi connectivity index (χ2n) is 4.22. The predicted molar refractivity (Wildman–Crippen MR) is 87.5 cm³/mol. The number of rotatable bonds is 5. The van der Waals surface area contributed by atoms with Crippen LogP contribution in [0.2, 0.25) is 10.0 Å². The first-order valence-electron chi connectivity index (χ1n) is 6.52. The van der Waals surface area contributed by atoms with Gasteiger partial charge in [-0.3, -0.25) is 0 Å². The molecule has 0 radical (unpaired) electrons. The molecule has 21 heavy (non-hydrogen) atoms. The second kappa shape index (κ2) is 6.78. The van der Waals surface area contributed by atoms with Crippen LogP contribution in [0, 0.1) is 0 Å². The molecular formula is C13H16Cl2N6. The zero-order valence-corrected chi connectivity index (χ0v) is 13.3. The first kappa shape index (κ1) is 15.6. The van der Waals surface area contributed by atoms with Crippen molar-refractivity contribution in [3.63, 3.8) is 0 Å². The standard InChI is InChI=1S/C13H16Cl2N6/c1-3-21(4-2)13-19-11(16)18-12(20-13)17-9-7-5-6-8(14)10(9)15/h5-7H,3-4H2,1-2H3,(H3,16,17,18,19,20). The van der Waals surface area contributed by atoms with Crippen LogP contribution in [0.5, 0.6) is 0 Å². The highest BCUT2D eigenvalue weighted by Crippen LogP contribution is 2.31. The van der Waals surface area contributed by atoms with E-state index in [1.54, 1.807) is 18.2 Å². The molecule has 0 aliphatic heterocycles. The molecule has 1 heterocycles. The highest BCUT2D eigenvalue weighted by molar-refractivity contribution is 6.43. The molecule has 0 amide bonds. The molecule has 1 aromatic heterocycles. The van der Waals surface area contributed by atoms with Crippen molar-refractivity contribution in [1.29, 1.82) is 0 Å². The Hall–Kier alpha value is -1.79. The second-order valence-corrected chi connectivity index (χ2v) is 5.00. The minimum atomic E-state index is 0.146. The summed E-state index contributed by atoms with van der Waals surface area (Å²) in [4.78, 5) is 14.5. The number of hydrogen-bond acceptors (Lipinski definition) is 6. The van der Waals surface area contributed by atoms with Gasteiger partial charge in [0, 0.05) is 13.1 Å². The van der Waals surface area contributed by atoms with E-state index in [0.29, 0.717) is 27.6 Å². The van der Waals surface area contributed by atoms with E-state index in [4.69, 9.17) is 28.9 Å². The molecule has 3 N–H and O–H groups in total. The number of nitrogen functional groups attached to an aromatic ring is 1. The molecule has 0 saturated heterocycles. The summed E-state index contributed by atoms with van der Waals surface area (Å²) < 4.78 is 0. The lowest BCUT2D eigenvalue weighted by Crippen LogP contribution is -2.25. The van der Waals surface area contributed by atoms with Crippen molar-refractivity contribution in [2.45, 2.75) is 13.8 Å². The van der Waals surface area contributed by atoms with Gasteiger partial charge in [0.05, 0.1) is 15.7 Å². The Kier molecular flexibility index (Phi) is 5.03. The maximum atomic E-state index is 6.13. The monoisotopic (exact) mass is 326 g/mol. The maximum Gasteiger partial charge on any atom is 0.233 e. The van der Waals surface area contributed by atoms with Crippen LogP contribution in [0.3, 0.4) is 0 Å². The van der Waals surface area contributed by atoms with Gasteiger partial charge in [-0.1, -0.05) is 29.3 Å². The summed E-state index contributed by atoms with van der Waals surface area (Å²) in [6.45, 7) is 5.59. The summed E-state index contributed by atoms with van der Waals surface area (Å²) in [5.74, 6) is 0.995. The van der Waals surface area contributed by atoms with Crippen molar-refractivity contribution in [3.8, 4) is 0 Å². The molecule has 2 aromatic rings. The van der Waals surface area contributed by atoms with E-state index in [9.17, 15) is 0 Å². The van der Waals surface area contributed by atoms with Gasteiger partial charge in [0.25, 0.3) is 0 Å². The van der Waals surface area contributed by atoms with Gasteiger partial charge in [0.2, 0.25) is 17.8 Å². The SMILES string of the molecule is CCN(CC)c1nc(N)nc(Nc2cccc(Cl)c2Cl)n1. The summed E-state index contributed by atoms with van der Waals surface area (Å²) >= 11 is 12.1. The van der Waals surface area contributed by atoms with E-state index in [0.717, 1.165) is 13.1 Å². The number of nitrogens with two attached hydrogens (primary N) is 1. The molecule has 0 atom stereocenters. The third-order valence-corrected chi connectivity index (χ3v) is 3.70. The molecule has 2 rings (SSSR count). The van der Waals surface area contributed by atoms with Gasteiger partial charge in [0.1, 0.15) is 0 Å². The Morgan fingerprint density at radius 1 is 1.14 bits per heavy atom. The molecule has 6 nitrogen and oxygen atoms in total. The molecule has 0 aliphatic rings. The number of hydrogen-bond donors (Lipinski definition) is 2. The Balaban J connectivity index is 2.34. The third kappa shape index (κ3) is 3.65. The maximum absolute atomic E-state index is 6.13. The topological polar surface area (TPSA) is 80.0 Å². The molecule has 112 valence electrons. The first-order chi connectivity index (χ1) is 10.0. The molecule has 0 spiro atoms. The van der Waals surface area contributed by atoms with Gasteiger partial charge in [-0.25, -0.2) is 0 Å². The summed E-state index contributed by atoms with van der Waals surface area (Å²) in [5, 5.41) is 3.87. The molecule has 0 unspecified atom stereocenters. The van der Waals surface area contributed by atoms with Gasteiger partial charge in [0.15, 0.2) is 0 Å². The molecule has 0 aliphatic carbocycles. The van der Waals surface area contributed by atoms with Crippen LogP contribution in [-0.2, 0) is 0 Å². The highest BCUT2D eigenvalue weighted by Gasteiger charge is 2.11. The number of anilines is 4. The van der Waals surface area contributed by atoms with Crippen molar-refractivity contribution >= 4 is 46.7 Å². The zero-order chi connectivity index (χ0) is 15.4. The van der Waals surface area contributed by atoms with Crippen molar-refractivity contribution in [2.75, 3.05) is 29.0 Å². The van der Waals surface area contributed by atoms with E-state index in [-0.39, 0.29) is 5.95 Å². The Labute approximate surface area is 133 Å². The summed E-state index contributed by atoms with van der Waals surface area (Å²) in [5.41, 5.74) is 6.35. The number of benzene rings is 1. The molecule has 8 heteroatoms. The van der Waals surface area contributed by atoms with Crippen molar-refractivity contribution in [2.24, 2.45) is 0 Å². The smallest absolute Gasteiger partial charge is 0.233 e. The minimum absolute atomic E-state index is 0.146. The highest BCUT2D eigenvalue weighted by atomic mass is 35.5. The fourth-order valence-electron chi connectivity index (χ4n) is 1.81. The van der Waals surface area contributed by atoms with Gasteiger partial charge in [-0.2, -0.15) is 15.0 Å². The van der Waals surface area contributed by atoms with Gasteiger partial charge in [-0.05, 0) is 26.0 Å². The van der Waals surface area contributed by atoms with E-state index in [1.165, 1.54) is 0 Å². The lowest BCUT2D eigenvalue weighted by molar-refractivity contribution is 0.816. The van der Waals surface area contributed by atoms with Crippen LogP contribution in [0.25, 0.3) is 0 Å². The van der Waals surface area contributed by atoms with Crippen LogP contribution in [0.15, 0.2) is 18.2 Å². The number of nitrogens with zero attached hydrogens (tertiary/aromatic N) is 4. The number of aromatic nitrogens is 3. The van der Waals surface area contributed by atoms with Crippen LogP contribution in [0.1, 0.15) is 13.8 Å². The lowest BCUT2D eigenvalue weighted by atomic mass is 10.3. The largest absolute Gasteiger partial charge is 0.368 e. The fraction of sp³-hybridized carbons (Fsp3) is 0.308. The molecule has 0 saturated carbocycles. The Bertz CT molecular complexity index is 630. The molecule has 0 fully saturated rings. The summed E-state index contributed by atoms with van der Waals surface area (Å²) in [6, 6.07) is 5.27.